The monoisotopic (exact) mass is 401 g/mol. The molecular weight excluding hydrogens is 378 g/mol. The van der Waals surface area contributed by atoms with Gasteiger partial charge in [-0.15, -0.1) is 0 Å². The minimum atomic E-state index is 0.716. The number of rotatable bonds is 3. The lowest BCUT2D eigenvalue weighted by molar-refractivity contribution is 0.122. The van der Waals surface area contributed by atoms with Crippen LogP contribution in [0.3, 0.4) is 0 Å². The van der Waals surface area contributed by atoms with Gasteiger partial charge in [-0.2, -0.15) is 14.7 Å². The number of aryl methyl sites for hydroxylation is 2. The van der Waals surface area contributed by atoms with Crippen molar-refractivity contribution in [3.05, 3.63) is 54.1 Å². The summed E-state index contributed by atoms with van der Waals surface area (Å²) >= 11 is 0. The molecule has 0 saturated carbocycles. The number of fused-ring (bicyclic) bond motifs is 2. The summed E-state index contributed by atoms with van der Waals surface area (Å²) in [5, 5.41) is 9.72. The summed E-state index contributed by atoms with van der Waals surface area (Å²) in [6, 6.07) is 8.07. The molecule has 30 heavy (non-hydrogen) atoms. The van der Waals surface area contributed by atoms with Crippen LogP contribution in [0.15, 0.2) is 42.9 Å². The fourth-order valence-corrected chi connectivity index (χ4v) is 4.33. The first-order valence-corrected chi connectivity index (χ1v) is 10.6. The minimum absolute atomic E-state index is 0.716. The van der Waals surface area contributed by atoms with Gasteiger partial charge < -0.3 is 9.64 Å². The zero-order valence-corrected chi connectivity index (χ0v) is 16.7. The highest BCUT2D eigenvalue weighted by atomic mass is 16.5. The van der Waals surface area contributed by atoms with E-state index >= 15 is 0 Å². The zero-order chi connectivity index (χ0) is 19.9. The van der Waals surface area contributed by atoms with Crippen molar-refractivity contribution in [3.63, 3.8) is 0 Å². The molecule has 5 heterocycles. The Morgan fingerprint density at radius 1 is 0.933 bits per heavy atom. The topological polar surface area (TPSA) is 73.4 Å². The zero-order valence-electron chi connectivity index (χ0n) is 16.7. The van der Waals surface area contributed by atoms with Gasteiger partial charge in [0.2, 0.25) is 0 Å². The molecule has 2 aliphatic rings. The molecule has 0 unspecified atom stereocenters. The standard InChI is InChI=1S/C22H23N7O/c1-2-4-18-17(3-1)15-28(25-18)20-14-22(27-9-11-30-12-10-27)29-21(24-20)13-19(26-29)16-5-7-23-8-6-16/h5-8,13-15H,1-4,9-12H2. The minimum Gasteiger partial charge on any atom is -0.378 e. The molecule has 1 fully saturated rings. The molecule has 0 atom stereocenters. The Morgan fingerprint density at radius 2 is 1.77 bits per heavy atom. The normalized spacial score (nSPS) is 16.7. The van der Waals surface area contributed by atoms with E-state index in [2.05, 4.69) is 22.1 Å². The van der Waals surface area contributed by atoms with Crippen LogP contribution in [-0.4, -0.2) is 55.7 Å². The van der Waals surface area contributed by atoms with E-state index in [4.69, 9.17) is 19.9 Å². The van der Waals surface area contributed by atoms with E-state index < -0.39 is 0 Å². The molecule has 0 aromatic carbocycles. The van der Waals surface area contributed by atoms with Crippen LogP contribution >= 0.6 is 0 Å². The summed E-state index contributed by atoms with van der Waals surface area (Å²) in [5.74, 6) is 1.85. The van der Waals surface area contributed by atoms with E-state index in [0.29, 0.717) is 13.2 Å². The summed E-state index contributed by atoms with van der Waals surface area (Å²) in [6.07, 6.45) is 10.3. The predicted molar refractivity (Wildman–Crippen MR) is 113 cm³/mol. The molecular formula is C22H23N7O. The van der Waals surface area contributed by atoms with Gasteiger partial charge in [0, 0.05) is 49.4 Å². The van der Waals surface area contributed by atoms with Crippen molar-refractivity contribution in [1.82, 2.24) is 29.4 Å². The van der Waals surface area contributed by atoms with Crippen molar-refractivity contribution in [3.8, 4) is 17.1 Å². The van der Waals surface area contributed by atoms with E-state index in [0.717, 1.165) is 54.5 Å². The second-order valence-corrected chi connectivity index (χ2v) is 7.86. The Bertz CT molecular complexity index is 1170. The Labute approximate surface area is 174 Å². The van der Waals surface area contributed by atoms with E-state index in [1.807, 2.05) is 27.4 Å². The predicted octanol–water partition coefficient (Wildman–Crippen LogP) is 2.69. The van der Waals surface area contributed by atoms with Crippen molar-refractivity contribution in [2.45, 2.75) is 25.7 Å². The van der Waals surface area contributed by atoms with Gasteiger partial charge in [0.25, 0.3) is 0 Å². The van der Waals surface area contributed by atoms with Gasteiger partial charge in [-0.05, 0) is 43.4 Å². The molecule has 1 aliphatic carbocycles. The quantitative estimate of drug-likeness (QED) is 0.526. The third kappa shape index (κ3) is 3.04. The number of nitrogens with zero attached hydrogens (tertiary/aromatic N) is 7. The maximum Gasteiger partial charge on any atom is 0.160 e. The van der Waals surface area contributed by atoms with Crippen LogP contribution in [0.5, 0.6) is 0 Å². The number of morpholine rings is 1. The lowest BCUT2D eigenvalue weighted by atomic mass is 9.99. The van der Waals surface area contributed by atoms with Crippen molar-refractivity contribution in [2.75, 3.05) is 31.2 Å². The van der Waals surface area contributed by atoms with Gasteiger partial charge in [0.1, 0.15) is 5.82 Å². The number of aromatic nitrogens is 6. The van der Waals surface area contributed by atoms with E-state index in [1.54, 1.807) is 12.4 Å². The largest absolute Gasteiger partial charge is 0.378 e. The Balaban J connectivity index is 1.51. The van der Waals surface area contributed by atoms with E-state index in [-0.39, 0.29) is 0 Å². The van der Waals surface area contributed by atoms with Crippen LogP contribution in [-0.2, 0) is 17.6 Å². The number of ether oxygens (including phenoxy) is 1. The average molecular weight is 401 g/mol. The molecule has 0 N–H and O–H groups in total. The molecule has 6 rings (SSSR count). The molecule has 0 amide bonds. The summed E-state index contributed by atoms with van der Waals surface area (Å²) in [5.41, 5.74) is 5.29. The number of pyridine rings is 1. The molecule has 0 radical (unpaired) electrons. The molecule has 0 bridgehead atoms. The summed E-state index contributed by atoms with van der Waals surface area (Å²) < 4.78 is 9.45. The molecule has 152 valence electrons. The van der Waals surface area contributed by atoms with Crippen molar-refractivity contribution in [2.24, 2.45) is 0 Å². The van der Waals surface area contributed by atoms with Crippen molar-refractivity contribution in [1.29, 1.82) is 0 Å². The van der Waals surface area contributed by atoms with E-state index in [1.165, 1.54) is 24.1 Å². The van der Waals surface area contributed by atoms with Crippen LogP contribution in [0.2, 0.25) is 0 Å². The molecule has 4 aromatic rings. The van der Waals surface area contributed by atoms with Gasteiger partial charge in [-0.1, -0.05) is 0 Å². The molecule has 4 aromatic heterocycles. The second kappa shape index (κ2) is 7.21. The fourth-order valence-electron chi connectivity index (χ4n) is 4.33. The number of hydrogen-bond acceptors (Lipinski definition) is 6. The summed E-state index contributed by atoms with van der Waals surface area (Å²) in [6.45, 7) is 3.10. The van der Waals surface area contributed by atoms with Gasteiger partial charge in [-0.3, -0.25) is 4.98 Å². The number of hydrogen-bond donors (Lipinski definition) is 0. The highest BCUT2D eigenvalue weighted by Crippen LogP contribution is 2.26. The number of anilines is 1. The Morgan fingerprint density at radius 3 is 2.60 bits per heavy atom. The summed E-state index contributed by atoms with van der Waals surface area (Å²) in [4.78, 5) is 11.3. The maximum atomic E-state index is 5.57. The third-order valence-electron chi connectivity index (χ3n) is 5.93. The Kier molecular flexibility index (Phi) is 4.23. The first-order valence-electron chi connectivity index (χ1n) is 10.6. The van der Waals surface area contributed by atoms with Gasteiger partial charge in [-0.25, -0.2) is 9.67 Å². The SMILES string of the molecule is c1cc(-c2cc3nc(-n4cc5c(n4)CCCC5)cc(N4CCOCC4)n3n2)ccn1. The van der Waals surface area contributed by atoms with Crippen molar-refractivity contribution < 1.29 is 4.74 Å². The molecule has 1 saturated heterocycles. The van der Waals surface area contributed by atoms with Gasteiger partial charge in [0.15, 0.2) is 11.5 Å². The van der Waals surface area contributed by atoms with Crippen molar-refractivity contribution >= 4 is 11.5 Å². The van der Waals surface area contributed by atoms with Crippen LogP contribution in [0, 0.1) is 0 Å². The third-order valence-corrected chi connectivity index (χ3v) is 5.93. The smallest absolute Gasteiger partial charge is 0.160 e. The first kappa shape index (κ1) is 17.6. The van der Waals surface area contributed by atoms with Gasteiger partial charge in [0.05, 0.1) is 24.6 Å². The molecule has 8 heteroatoms. The van der Waals surface area contributed by atoms with Crippen LogP contribution in [0.1, 0.15) is 24.1 Å². The van der Waals surface area contributed by atoms with E-state index in [9.17, 15) is 0 Å². The maximum absolute atomic E-state index is 5.57. The van der Waals surface area contributed by atoms with Gasteiger partial charge >= 0.3 is 0 Å². The lowest BCUT2D eigenvalue weighted by Gasteiger charge is -2.29. The Hall–Kier alpha value is -3.26. The van der Waals surface area contributed by atoms with Crippen LogP contribution in [0.25, 0.3) is 22.7 Å². The average Bonchev–Trinajstić information content (AvgIpc) is 3.44. The fraction of sp³-hybridized carbons (Fsp3) is 0.364. The summed E-state index contributed by atoms with van der Waals surface area (Å²) in [7, 11) is 0. The molecule has 0 spiro atoms. The highest BCUT2D eigenvalue weighted by Gasteiger charge is 2.20. The van der Waals surface area contributed by atoms with Crippen LogP contribution in [0.4, 0.5) is 5.82 Å². The first-order chi connectivity index (χ1) is 14.8. The highest BCUT2D eigenvalue weighted by molar-refractivity contribution is 5.66. The second-order valence-electron chi connectivity index (χ2n) is 7.86. The molecule has 1 aliphatic heterocycles. The molecule has 8 nitrogen and oxygen atoms in total. The lowest BCUT2D eigenvalue weighted by Crippen LogP contribution is -2.37. The van der Waals surface area contributed by atoms with Crippen LogP contribution < -0.4 is 4.90 Å².